The molecular weight excluding hydrogens is 240 g/mol. The standard InChI is InChI=1S/C10H12N4O2S/c1-7(2)12-13-10(17)11-8-3-5-9(6-4-8)14(15)16/h3-6H,1-2H3,(H2,11,13,17). The van der Waals surface area contributed by atoms with Gasteiger partial charge in [-0.1, -0.05) is 0 Å². The van der Waals surface area contributed by atoms with E-state index < -0.39 is 4.92 Å². The molecule has 0 saturated carbocycles. The SMILES string of the molecule is CC(C)=NNC(=S)Nc1ccc([N+](=O)[O-])cc1. The van der Waals surface area contributed by atoms with Crippen LogP contribution < -0.4 is 10.7 Å². The average molecular weight is 252 g/mol. The van der Waals surface area contributed by atoms with Crippen LogP contribution in [-0.2, 0) is 0 Å². The number of benzene rings is 1. The normalized spacial score (nSPS) is 9.29. The van der Waals surface area contributed by atoms with Crippen LogP contribution in [0.2, 0.25) is 0 Å². The van der Waals surface area contributed by atoms with Crippen LogP contribution in [0.4, 0.5) is 11.4 Å². The molecule has 1 aromatic rings. The van der Waals surface area contributed by atoms with Crippen molar-refractivity contribution in [3.63, 3.8) is 0 Å². The van der Waals surface area contributed by atoms with Crippen LogP contribution in [-0.4, -0.2) is 15.7 Å². The van der Waals surface area contributed by atoms with E-state index in [1.54, 1.807) is 12.1 Å². The van der Waals surface area contributed by atoms with E-state index in [2.05, 4.69) is 15.8 Å². The number of anilines is 1. The van der Waals surface area contributed by atoms with Gasteiger partial charge in [-0.05, 0) is 38.2 Å². The van der Waals surface area contributed by atoms with Crippen molar-refractivity contribution in [3.05, 3.63) is 34.4 Å². The first-order valence-electron chi connectivity index (χ1n) is 4.81. The molecule has 0 aliphatic carbocycles. The molecule has 0 aliphatic rings. The lowest BCUT2D eigenvalue weighted by Crippen LogP contribution is -2.24. The van der Waals surface area contributed by atoms with Crippen LogP contribution in [0.5, 0.6) is 0 Å². The summed E-state index contributed by atoms with van der Waals surface area (Å²) in [6.45, 7) is 3.67. The Morgan fingerprint density at radius 2 is 1.94 bits per heavy atom. The minimum Gasteiger partial charge on any atom is -0.331 e. The van der Waals surface area contributed by atoms with Crippen molar-refractivity contribution < 1.29 is 4.92 Å². The molecule has 0 amide bonds. The Bertz CT molecular complexity index is 452. The lowest BCUT2D eigenvalue weighted by molar-refractivity contribution is -0.384. The molecule has 1 rings (SSSR count). The van der Waals surface area contributed by atoms with Crippen LogP contribution >= 0.6 is 12.2 Å². The van der Waals surface area contributed by atoms with Gasteiger partial charge >= 0.3 is 0 Å². The molecule has 0 spiro atoms. The maximum atomic E-state index is 10.4. The molecule has 0 aromatic heterocycles. The smallest absolute Gasteiger partial charge is 0.269 e. The lowest BCUT2D eigenvalue weighted by Gasteiger charge is -2.06. The van der Waals surface area contributed by atoms with Gasteiger partial charge in [-0.15, -0.1) is 0 Å². The van der Waals surface area contributed by atoms with Crippen LogP contribution in [0.1, 0.15) is 13.8 Å². The number of nitrogens with zero attached hydrogens (tertiary/aromatic N) is 2. The van der Waals surface area contributed by atoms with Crippen LogP contribution in [0.3, 0.4) is 0 Å². The predicted molar refractivity (Wildman–Crippen MR) is 71.2 cm³/mol. The van der Waals surface area contributed by atoms with Gasteiger partial charge in [0.05, 0.1) is 4.92 Å². The van der Waals surface area contributed by atoms with Gasteiger partial charge in [0.15, 0.2) is 5.11 Å². The molecule has 1 aromatic carbocycles. The van der Waals surface area contributed by atoms with Gasteiger partial charge < -0.3 is 5.32 Å². The van der Waals surface area contributed by atoms with Gasteiger partial charge in [0.1, 0.15) is 0 Å². The first kappa shape index (κ1) is 13.0. The highest BCUT2D eigenvalue weighted by Crippen LogP contribution is 2.15. The zero-order valence-corrected chi connectivity index (χ0v) is 10.2. The van der Waals surface area contributed by atoms with Crippen molar-refractivity contribution in [1.29, 1.82) is 0 Å². The van der Waals surface area contributed by atoms with Gasteiger partial charge in [-0.2, -0.15) is 5.10 Å². The number of nitro benzene ring substituents is 1. The molecule has 90 valence electrons. The van der Waals surface area contributed by atoms with Gasteiger partial charge in [0.2, 0.25) is 0 Å². The highest BCUT2D eigenvalue weighted by Gasteiger charge is 2.04. The van der Waals surface area contributed by atoms with Gasteiger partial charge in [0.25, 0.3) is 5.69 Å². The van der Waals surface area contributed by atoms with Crippen LogP contribution in [0.15, 0.2) is 29.4 Å². The minimum atomic E-state index is -0.453. The van der Waals surface area contributed by atoms with Gasteiger partial charge in [0, 0.05) is 23.5 Å². The second-order valence-electron chi connectivity index (χ2n) is 3.43. The molecule has 0 bridgehead atoms. The number of rotatable bonds is 3. The number of thiocarbonyl (C=S) groups is 1. The maximum Gasteiger partial charge on any atom is 0.269 e. The highest BCUT2D eigenvalue weighted by molar-refractivity contribution is 7.80. The monoisotopic (exact) mass is 252 g/mol. The first-order chi connectivity index (χ1) is 7.99. The minimum absolute atomic E-state index is 0.0388. The van der Waals surface area contributed by atoms with Gasteiger partial charge in [-0.25, -0.2) is 0 Å². The lowest BCUT2D eigenvalue weighted by atomic mass is 10.3. The van der Waals surface area contributed by atoms with Gasteiger partial charge in [-0.3, -0.25) is 15.5 Å². The molecule has 0 saturated heterocycles. The molecule has 2 N–H and O–H groups in total. The molecule has 17 heavy (non-hydrogen) atoms. The fourth-order valence-electron chi connectivity index (χ4n) is 0.988. The summed E-state index contributed by atoms with van der Waals surface area (Å²) in [5.41, 5.74) is 4.19. The molecular formula is C10H12N4O2S. The zero-order chi connectivity index (χ0) is 12.8. The Labute approximate surface area is 104 Å². The molecule has 0 atom stereocenters. The Morgan fingerprint density at radius 1 is 1.35 bits per heavy atom. The number of nitrogens with one attached hydrogen (secondary N) is 2. The molecule has 6 nitrogen and oxygen atoms in total. The van der Waals surface area contributed by atoms with Crippen molar-refractivity contribution in [1.82, 2.24) is 5.43 Å². The van der Waals surface area contributed by atoms with E-state index in [9.17, 15) is 10.1 Å². The highest BCUT2D eigenvalue weighted by atomic mass is 32.1. The summed E-state index contributed by atoms with van der Waals surface area (Å²) in [6, 6.07) is 5.96. The second kappa shape index (κ2) is 5.90. The molecule has 0 radical (unpaired) electrons. The van der Waals surface area contributed by atoms with Crippen molar-refractivity contribution in [2.24, 2.45) is 5.10 Å². The maximum absolute atomic E-state index is 10.4. The quantitative estimate of drug-likeness (QED) is 0.373. The number of hydrogen-bond acceptors (Lipinski definition) is 4. The Kier molecular flexibility index (Phi) is 4.53. The van der Waals surface area contributed by atoms with E-state index in [-0.39, 0.29) is 5.69 Å². The summed E-state index contributed by atoms with van der Waals surface area (Å²) < 4.78 is 0. The second-order valence-corrected chi connectivity index (χ2v) is 3.84. The summed E-state index contributed by atoms with van der Waals surface area (Å²) in [7, 11) is 0. The van der Waals surface area contributed by atoms with E-state index >= 15 is 0 Å². The summed E-state index contributed by atoms with van der Waals surface area (Å²) in [6.07, 6.45) is 0. The van der Waals surface area contributed by atoms with E-state index in [4.69, 9.17) is 12.2 Å². The van der Waals surface area contributed by atoms with Crippen molar-refractivity contribution in [3.8, 4) is 0 Å². The van der Waals surface area contributed by atoms with E-state index in [0.717, 1.165) is 5.71 Å². The Morgan fingerprint density at radius 3 is 2.41 bits per heavy atom. The number of nitro groups is 1. The number of non-ortho nitro benzene ring substituents is 1. The Balaban J connectivity index is 2.60. The van der Waals surface area contributed by atoms with E-state index in [1.165, 1.54) is 12.1 Å². The third-order valence-electron chi connectivity index (χ3n) is 1.72. The summed E-state index contributed by atoms with van der Waals surface area (Å²) in [5, 5.41) is 17.5. The van der Waals surface area contributed by atoms with Crippen LogP contribution in [0.25, 0.3) is 0 Å². The van der Waals surface area contributed by atoms with Crippen molar-refractivity contribution in [2.45, 2.75) is 13.8 Å². The molecule has 0 fully saturated rings. The molecule has 7 heteroatoms. The Hall–Kier alpha value is -2.02. The summed E-state index contributed by atoms with van der Waals surface area (Å²) in [5.74, 6) is 0. The number of hydrazone groups is 1. The van der Waals surface area contributed by atoms with E-state index in [1.807, 2.05) is 13.8 Å². The zero-order valence-electron chi connectivity index (χ0n) is 9.43. The fourth-order valence-corrected chi connectivity index (χ4v) is 1.15. The molecule has 0 unspecified atom stereocenters. The summed E-state index contributed by atoms with van der Waals surface area (Å²) >= 11 is 4.98. The van der Waals surface area contributed by atoms with E-state index in [0.29, 0.717) is 10.8 Å². The predicted octanol–water partition coefficient (Wildman–Crippen LogP) is 2.28. The van der Waals surface area contributed by atoms with Crippen molar-refractivity contribution >= 4 is 34.4 Å². The largest absolute Gasteiger partial charge is 0.331 e. The third-order valence-corrected chi connectivity index (χ3v) is 1.91. The average Bonchev–Trinajstić information content (AvgIpc) is 2.27. The van der Waals surface area contributed by atoms with Crippen LogP contribution in [0, 0.1) is 10.1 Å². The molecule has 0 heterocycles. The van der Waals surface area contributed by atoms with Crippen molar-refractivity contribution in [2.75, 3.05) is 5.32 Å². The molecule has 0 aliphatic heterocycles. The third kappa shape index (κ3) is 4.56. The first-order valence-corrected chi connectivity index (χ1v) is 5.22. The topological polar surface area (TPSA) is 79.6 Å². The fraction of sp³-hybridized carbons (Fsp3) is 0.200. The number of hydrogen-bond donors (Lipinski definition) is 2. The summed E-state index contributed by atoms with van der Waals surface area (Å²) in [4.78, 5) is 9.99.